The van der Waals surface area contributed by atoms with Crippen LogP contribution in [-0.2, 0) is 15.2 Å². The zero-order chi connectivity index (χ0) is 21.5. The van der Waals surface area contributed by atoms with Crippen molar-refractivity contribution in [3.05, 3.63) is 33.1 Å². The maximum atomic E-state index is 12.4. The first-order valence-electron chi connectivity index (χ1n) is 8.94. The number of aromatic nitrogens is 2. The predicted molar refractivity (Wildman–Crippen MR) is 91.7 cm³/mol. The van der Waals surface area contributed by atoms with E-state index in [9.17, 15) is 45.3 Å². The van der Waals surface area contributed by atoms with E-state index in [1.807, 2.05) is 4.98 Å². The Morgan fingerprint density at radius 3 is 2.10 bits per heavy atom. The Balaban J connectivity index is 2.05. The zero-order valence-electron chi connectivity index (χ0n) is 15.1. The van der Waals surface area contributed by atoms with Crippen molar-refractivity contribution >= 4 is 0 Å². The lowest BCUT2D eigenvalue weighted by Gasteiger charge is -2.44. The summed E-state index contributed by atoms with van der Waals surface area (Å²) in [6.07, 6.45) is -12.0. The Morgan fingerprint density at radius 2 is 1.55 bits per heavy atom. The van der Waals surface area contributed by atoms with Crippen LogP contribution in [0.25, 0.3) is 0 Å². The van der Waals surface area contributed by atoms with E-state index >= 15 is 0 Å². The van der Waals surface area contributed by atoms with Crippen molar-refractivity contribution in [3.63, 3.8) is 0 Å². The third-order valence-corrected chi connectivity index (χ3v) is 5.42. The molecule has 2 aliphatic rings. The van der Waals surface area contributed by atoms with Gasteiger partial charge in [-0.15, -0.1) is 0 Å². The van der Waals surface area contributed by atoms with Crippen molar-refractivity contribution in [2.24, 2.45) is 0 Å². The summed E-state index contributed by atoms with van der Waals surface area (Å²) in [5, 5.41) is 69.9. The smallest absolute Gasteiger partial charge is 0.330 e. The van der Waals surface area contributed by atoms with Crippen molar-refractivity contribution in [2.75, 3.05) is 13.2 Å². The van der Waals surface area contributed by atoms with Gasteiger partial charge >= 0.3 is 5.69 Å². The van der Waals surface area contributed by atoms with Gasteiger partial charge in [0, 0.05) is 18.7 Å². The van der Waals surface area contributed by atoms with Crippen LogP contribution < -0.4 is 11.2 Å². The van der Waals surface area contributed by atoms with Crippen LogP contribution in [0.5, 0.6) is 0 Å². The van der Waals surface area contributed by atoms with Crippen LogP contribution >= 0.6 is 0 Å². The number of nitrogens with zero attached hydrogens (tertiary/aromatic N) is 1. The van der Waals surface area contributed by atoms with Crippen molar-refractivity contribution in [2.45, 2.75) is 61.0 Å². The third-order valence-electron chi connectivity index (χ3n) is 5.42. The van der Waals surface area contributed by atoms with Gasteiger partial charge in [-0.2, -0.15) is 0 Å². The van der Waals surface area contributed by atoms with E-state index in [2.05, 4.69) is 0 Å². The van der Waals surface area contributed by atoms with Gasteiger partial charge in [0.15, 0.2) is 5.72 Å². The predicted octanol–water partition coefficient (Wildman–Crippen LogP) is -5.47. The molecule has 0 radical (unpaired) electrons. The maximum absolute atomic E-state index is 12.4. The minimum absolute atomic E-state index is 0.547. The highest BCUT2D eigenvalue weighted by atomic mass is 16.6. The lowest BCUT2D eigenvalue weighted by Crippen LogP contribution is -2.62. The first kappa shape index (κ1) is 22.0. The molecule has 0 amide bonds. The molecule has 0 aromatic carbocycles. The van der Waals surface area contributed by atoms with Crippen LogP contribution in [-0.4, -0.2) is 107 Å². The summed E-state index contributed by atoms with van der Waals surface area (Å²) >= 11 is 0. The first-order valence-corrected chi connectivity index (χ1v) is 8.94. The zero-order valence-corrected chi connectivity index (χ0v) is 15.1. The molecule has 1 aromatic heterocycles. The largest absolute Gasteiger partial charge is 0.394 e. The van der Waals surface area contributed by atoms with Gasteiger partial charge in [0.25, 0.3) is 5.56 Å². The van der Waals surface area contributed by atoms with Crippen LogP contribution in [0, 0.1) is 0 Å². The van der Waals surface area contributed by atoms with Gasteiger partial charge in [0.1, 0.15) is 42.7 Å². The molecule has 0 spiro atoms. The molecule has 0 aliphatic carbocycles. The standard InChI is InChI=1S/C16H24N2O11/c19-4-7-11(23)13(25)10(22)6(28-7)3-16(14(26)12(24)8(5-20)29-16)18-2-1-9(21)17-15(18)27/h1-2,6-8,10-14,19-20,22-26H,3-5H2,(H,17,21,27)/t6-,7+,8+,10+,11+,12+,13+,14+,16+/m0/s1. The highest BCUT2D eigenvalue weighted by molar-refractivity contribution is 5.05. The number of ether oxygens (including phenoxy) is 2. The van der Waals surface area contributed by atoms with Crippen LogP contribution in [0.2, 0.25) is 0 Å². The van der Waals surface area contributed by atoms with Crippen molar-refractivity contribution in [3.8, 4) is 0 Å². The highest BCUT2D eigenvalue weighted by Gasteiger charge is 2.58. The number of aliphatic hydroxyl groups excluding tert-OH is 7. The minimum Gasteiger partial charge on any atom is -0.394 e. The van der Waals surface area contributed by atoms with Gasteiger partial charge < -0.3 is 45.2 Å². The van der Waals surface area contributed by atoms with E-state index in [0.717, 1.165) is 16.8 Å². The van der Waals surface area contributed by atoms with Gasteiger partial charge in [-0.05, 0) is 0 Å². The van der Waals surface area contributed by atoms with E-state index in [-0.39, 0.29) is 0 Å². The number of aromatic amines is 1. The summed E-state index contributed by atoms with van der Waals surface area (Å²) in [5.74, 6) is 0. The molecule has 3 rings (SSSR count). The van der Waals surface area contributed by atoms with Crippen LogP contribution in [0.1, 0.15) is 6.42 Å². The molecule has 0 unspecified atom stereocenters. The number of aliphatic hydroxyl groups is 7. The summed E-state index contributed by atoms with van der Waals surface area (Å²) in [6.45, 7) is -1.41. The fourth-order valence-electron chi connectivity index (χ4n) is 3.83. The lowest BCUT2D eigenvalue weighted by molar-refractivity contribution is -0.255. The number of H-pyrrole nitrogens is 1. The Bertz CT molecular complexity index is 826. The Kier molecular flexibility index (Phi) is 6.24. The molecule has 29 heavy (non-hydrogen) atoms. The van der Waals surface area contributed by atoms with Crippen molar-refractivity contribution in [1.29, 1.82) is 0 Å². The summed E-state index contributed by atoms with van der Waals surface area (Å²) in [7, 11) is 0. The van der Waals surface area contributed by atoms with Crippen LogP contribution in [0.4, 0.5) is 0 Å². The summed E-state index contributed by atoms with van der Waals surface area (Å²) < 4.78 is 11.8. The van der Waals surface area contributed by atoms with E-state index < -0.39 is 85.4 Å². The topological polar surface area (TPSA) is 215 Å². The Labute approximate surface area is 163 Å². The van der Waals surface area contributed by atoms with E-state index in [0.29, 0.717) is 0 Å². The van der Waals surface area contributed by atoms with E-state index in [4.69, 9.17) is 9.47 Å². The van der Waals surface area contributed by atoms with Gasteiger partial charge in [-0.25, -0.2) is 4.79 Å². The first-order chi connectivity index (χ1) is 13.7. The SMILES string of the molecule is O=c1ccn([C@]2(C[C@@H]3O[C@H](CO)[C@@H](O)[C@H](O)[C@@H]3O)O[C@H](CO)[C@@H](O)[C@H]2O)c(=O)[nH]1. The molecule has 164 valence electrons. The van der Waals surface area contributed by atoms with Gasteiger partial charge in [-0.1, -0.05) is 0 Å². The van der Waals surface area contributed by atoms with Crippen molar-refractivity contribution in [1.82, 2.24) is 9.55 Å². The normalized spacial score (nSPS) is 42.9. The molecule has 0 bridgehead atoms. The second-order valence-electron chi connectivity index (χ2n) is 7.17. The van der Waals surface area contributed by atoms with Crippen LogP contribution in [0.15, 0.2) is 21.9 Å². The molecule has 9 atom stereocenters. The van der Waals surface area contributed by atoms with Crippen molar-refractivity contribution < 1.29 is 45.2 Å². The van der Waals surface area contributed by atoms with Gasteiger partial charge in [0.2, 0.25) is 0 Å². The average molecular weight is 420 g/mol. The monoisotopic (exact) mass is 420 g/mol. The molecule has 2 fully saturated rings. The number of nitrogens with one attached hydrogen (secondary N) is 1. The van der Waals surface area contributed by atoms with Gasteiger partial charge in [0.05, 0.1) is 19.3 Å². The average Bonchev–Trinajstić information content (AvgIpc) is 2.93. The lowest BCUT2D eigenvalue weighted by atomic mass is 9.88. The molecule has 2 aliphatic heterocycles. The molecular weight excluding hydrogens is 396 g/mol. The summed E-state index contributed by atoms with van der Waals surface area (Å²) in [5.41, 5.74) is -3.85. The maximum Gasteiger partial charge on any atom is 0.330 e. The summed E-state index contributed by atoms with van der Waals surface area (Å²) in [4.78, 5) is 25.8. The van der Waals surface area contributed by atoms with E-state index in [1.54, 1.807) is 0 Å². The van der Waals surface area contributed by atoms with Crippen LogP contribution in [0.3, 0.4) is 0 Å². The molecule has 2 saturated heterocycles. The second kappa shape index (κ2) is 8.22. The third kappa shape index (κ3) is 3.65. The highest BCUT2D eigenvalue weighted by Crippen LogP contribution is 2.40. The molecule has 8 N–H and O–H groups in total. The summed E-state index contributed by atoms with van der Waals surface area (Å²) in [6, 6.07) is 0.963. The number of hydrogen-bond acceptors (Lipinski definition) is 11. The Hall–Kier alpha value is -1.68. The van der Waals surface area contributed by atoms with Gasteiger partial charge in [-0.3, -0.25) is 14.3 Å². The molecule has 3 heterocycles. The fraction of sp³-hybridized carbons (Fsp3) is 0.750. The molecule has 13 nitrogen and oxygen atoms in total. The number of rotatable bonds is 5. The fourth-order valence-corrected chi connectivity index (χ4v) is 3.83. The molecule has 1 aromatic rings. The molecule has 0 saturated carbocycles. The quantitative estimate of drug-likeness (QED) is 0.225. The molecular formula is C16H24N2O11. The minimum atomic E-state index is -2.11. The second-order valence-corrected chi connectivity index (χ2v) is 7.17. The van der Waals surface area contributed by atoms with E-state index in [1.165, 1.54) is 0 Å². The Morgan fingerprint density at radius 1 is 0.931 bits per heavy atom. The molecule has 13 heteroatoms. The number of hydrogen-bond donors (Lipinski definition) is 8.